The second-order valence-electron chi connectivity index (χ2n) is 7.67. The highest BCUT2D eigenvalue weighted by Gasteiger charge is 2.28. The van der Waals surface area contributed by atoms with Gasteiger partial charge >= 0.3 is 0 Å². The molecule has 0 unspecified atom stereocenters. The minimum atomic E-state index is -0.485. The molecule has 4 rings (SSSR count). The van der Waals surface area contributed by atoms with Gasteiger partial charge in [0.15, 0.2) is 0 Å². The van der Waals surface area contributed by atoms with E-state index in [0.29, 0.717) is 12.3 Å². The van der Waals surface area contributed by atoms with Gasteiger partial charge in [0.2, 0.25) is 5.91 Å². The van der Waals surface area contributed by atoms with Crippen molar-refractivity contribution in [3.05, 3.63) is 84.2 Å². The summed E-state index contributed by atoms with van der Waals surface area (Å²) in [7, 11) is 0. The summed E-state index contributed by atoms with van der Waals surface area (Å²) in [4.78, 5) is 23.5. The van der Waals surface area contributed by atoms with Crippen LogP contribution >= 0.6 is 0 Å². The third-order valence-corrected chi connectivity index (χ3v) is 5.61. The Kier molecular flexibility index (Phi) is 6.00. The van der Waals surface area contributed by atoms with E-state index in [1.807, 2.05) is 59.9 Å². The molecule has 3 aromatic rings. The first-order valence-corrected chi connectivity index (χ1v) is 10.2. The molecule has 1 atom stereocenters. The van der Waals surface area contributed by atoms with Gasteiger partial charge in [-0.1, -0.05) is 36.4 Å². The number of hydrogen-bond acceptors (Lipinski definition) is 4. The van der Waals surface area contributed by atoms with Crippen LogP contribution in [0.4, 0.5) is 0 Å². The molecule has 1 aliphatic heterocycles. The van der Waals surface area contributed by atoms with Gasteiger partial charge in [-0.2, -0.15) is 0 Å². The van der Waals surface area contributed by atoms with Crippen molar-refractivity contribution < 1.29 is 4.79 Å². The van der Waals surface area contributed by atoms with Crippen LogP contribution in [0.2, 0.25) is 0 Å². The maximum Gasteiger partial charge on any atom is 0.239 e. The molecule has 29 heavy (non-hydrogen) atoms. The summed E-state index contributed by atoms with van der Waals surface area (Å²) >= 11 is 0. The van der Waals surface area contributed by atoms with Gasteiger partial charge in [-0.05, 0) is 36.5 Å². The largest absolute Gasteiger partial charge is 0.341 e. The number of pyridine rings is 1. The molecule has 1 fully saturated rings. The number of imidazole rings is 1. The topological polar surface area (TPSA) is 77.0 Å². The number of nitrogens with zero attached hydrogens (tertiary/aromatic N) is 4. The Hall–Kier alpha value is -2.99. The lowest BCUT2D eigenvalue weighted by molar-refractivity contribution is -0.133. The standard InChI is InChI=1S/C23H27N5O/c24-21(15-18-5-2-1-3-6-18)23(29)27-12-8-20(9-13-27)22-26-11-14-28(22)17-19-7-4-10-25-16-19/h1-7,10-11,14,16,20-21H,8-9,12-13,15,17,24H2/t21-/m1/s1. The molecule has 0 bridgehead atoms. The number of carbonyl (C=O) groups excluding carboxylic acids is 1. The number of aromatic nitrogens is 3. The van der Waals surface area contributed by atoms with Gasteiger partial charge in [-0.3, -0.25) is 9.78 Å². The van der Waals surface area contributed by atoms with E-state index >= 15 is 0 Å². The predicted molar refractivity (Wildman–Crippen MR) is 112 cm³/mol. The number of nitrogens with two attached hydrogens (primary N) is 1. The molecule has 1 saturated heterocycles. The molecule has 2 aromatic heterocycles. The monoisotopic (exact) mass is 389 g/mol. The molecule has 0 saturated carbocycles. The first-order valence-electron chi connectivity index (χ1n) is 10.2. The Bertz CT molecular complexity index is 917. The molecule has 1 amide bonds. The van der Waals surface area contributed by atoms with Crippen molar-refractivity contribution in [3.8, 4) is 0 Å². The number of benzene rings is 1. The third-order valence-electron chi connectivity index (χ3n) is 5.61. The fourth-order valence-electron chi connectivity index (χ4n) is 4.05. The fourth-order valence-corrected chi connectivity index (χ4v) is 4.05. The van der Waals surface area contributed by atoms with E-state index in [1.54, 1.807) is 6.20 Å². The molecule has 0 spiro atoms. The van der Waals surface area contributed by atoms with Crippen molar-refractivity contribution in [2.75, 3.05) is 13.1 Å². The summed E-state index contributed by atoms with van der Waals surface area (Å²) in [6, 6.07) is 13.5. The van der Waals surface area contributed by atoms with Crippen LogP contribution in [0.25, 0.3) is 0 Å². The quantitative estimate of drug-likeness (QED) is 0.703. The van der Waals surface area contributed by atoms with Crippen LogP contribution in [0.15, 0.2) is 67.3 Å². The van der Waals surface area contributed by atoms with E-state index in [9.17, 15) is 4.79 Å². The zero-order valence-corrected chi connectivity index (χ0v) is 16.5. The summed E-state index contributed by atoms with van der Waals surface area (Å²) in [5.41, 5.74) is 8.46. The van der Waals surface area contributed by atoms with Gasteiger partial charge in [-0.15, -0.1) is 0 Å². The zero-order chi connectivity index (χ0) is 20.1. The van der Waals surface area contributed by atoms with E-state index in [-0.39, 0.29) is 5.91 Å². The number of rotatable bonds is 6. The highest BCUT2D eigenvalue weighted by Crippen LogP contribution is 2.27. The van der Waals surface area contributed by atoms with Crippen LogP contribution < -0.4 is 5.73 Å². The summed E-state index contributed by atoms with van der Waals surface area (Å²) < 4.78 is 2.19. The highest BCUT2D eigenvalue weighted by atomic mass is 16.2. The van der Waals surface area contributed by atoms with Crippen molar-refractivity contribution in [1.82, 2.24) is 19.4 Å². The van der Waals surface area contributed by atoms with Crippen LogP contribution in [-0.4, -0.2) is 44.5 Å². The van der Waals surface area contributed by atoms with E-state index in [2.05, 4.69) is 20.6 Å². The van der Waals surface area contributed by atoms with Crippen molar-refractivity contribution in [2.24, 2.45) is 5.73 Å². The minimum absolute atomic E-state index is 0.0472. The van der Waals surface area contributed by atoms with Crippen LogP contribution in [0.5, 0.6) is 0 Å². The van der Waals surface area contributed by atoms with Crippen LogP contribution in [0.1, 0.15) is 35.7 Å². The fraction of sp³-hybridized carbons (Fsp3) is 0.348. The van der Waals surface area contributed by atoms with Gasteiger partial charge in [0.05, 0.1) is 12.6 Å². The van der Waals surface area contributed by atoms with Crippen molar-refractivity contribution in [2.45, 2.75) is 37.8 Å². The molecular formula is C23H27N5O. The van der Waals surface area contributed by atoms with Crippen LogP contribution in [0.3, 0.4) is 0 Å². The van der Waals surface area contributed by atoms with Gasteiger partial charge in [0.1, 0.15) is 5.82 Å². The summed E-state index contributed by atoms with van der Waals surface area (Å²) in [5, 5.41) is 0. The average molecular weight is 390 g/mol. The molecule has 1 aromatic carbocycles. The average Bonchev–Trinajstić information content (AvgIpc) is 3.23. The minimum Gasteiger partial charge on any atom is -0.341 e. The molecule has 6 heteroatoms. The second kappa shape index (κ2) is 9.01. The molecule has 2 N–H and O–H groups in total. The molecular weight excluding hydrogens is 362 g/mol. The van der Waals surface area contributed by atoms with E-state index in [1.165, 1.54) is 0 Å². The summed E-state index contributed by atoms with van der Waals surface area (Å²) in [5.74, 6) is 1.50. The maximum absolute atomic E-state index is 12.8. The SMILES string of the molecule is N[C@H](Cc1ccccc1)C(=O)N1CCC(c2nccn2Cc2cccnc2)CC1. The Morgan fingerprint density at radius 3 is 2.55 bits per heavy atom. The number of piperidine rings is 1. The maximum atomic E-state index is 12.8. The second-order valence-corrected chi connectivity index (χ2v) is 7.67. The van der Waals surface area contributed by atoms with Crippen molar-refractivity contribution >= 4 is 5.91 Å². The number of amides is 1. The van der Waals surface area contributed by atoms with Crippen LogP contribution in [0, 0.1) is 0 Å². The van der Waals surface area contributed by atoms with Crippen LogP contribution in [-0.2, 0) is 17.8 Å². The molecule has 0 radical (unpaired) electrons. The molecule has 3 heterocycles. The van der Waals surface area contributed by atoms with E-state index in [4.69, 9.17) is 5.73 Å². The Morgan fingerprint density at radius 2 is 1.83 bits per heavy atom. The smallest absolute Gasteiger partial charge is 0.239 e. The van der Waals surface area contributed by atoms with Gasteiger partial charge < -0.3 is 15.2 Å². The van der Waals surface area contributed by atoms with Crippen molar-refractivity contribution in [1.29, 1.82) is 0 Å². The molecule has 0 aliphatic carbocycles. The predicted octanol–water partition coefficient (Wildman–Crippen LogP) is 2.60. The van der Waals surface area contributed by atoms with E-state index in [0.717, 1.165) is 49.4 Å². The Morgan fingerprint density at radius 1 is 1.07 bits per heavy atom. The highest BCUT2D eigenvalue weighted by molar-refractivity contribution is 5.82. The van der Waals surface area contributed by atoms with Gasteiger partial charge in [0, 0.05) is 43.8 Å². The number of hydrogen-bond donors (Lipinski definition) is 1. The Labute approximate surface area is 171 Å². The lowest BCUT2D eigenvalue weighted by Gasteiger charge is -2.33. The lowest BCUT2D eigenvalue weighted by Crippen LogP contribution is -2.48. The van der Waals surface area contributed by atoms with Gasteiger partial charge in [0.25, 0.3) is 0 Å². The molecule has 150 valence electrons. The van der Waals surface area contributed by atoms with E-state index < -0.39 is 6.04 Å². The lowest BCUT2D eigenvalue weighted by atomic mass is 9.95. The normalized spacial score (nSPS) is 16.0. The molecule has 6 nitrogen and oxygen atoms in total. The molecule has 1 aliphatic rings. The summed E-state index contributed by atoms with van der Waals surface area (Å²) in [6.07, 6.45) is 9.96. The first kappa shape index (κ1) is 19.3. The van der Waals surface area contributed by atoms with Gasteiger partial charge in [-0.25, -0.2) is 4.98 Å². The number of carbonyl (C=O) groups is 1. The first-order chi connectivity index (χ1) is 14.2. The summed E-state index contributed by atoms with van der Waals surface area (Å²) in [6.45, 7) is 2.22. The zero-order valence-electron chi connectivity index (χ0n) is 16.5. The van der Waals surface area contributed by atoms with Crippen molar-refractivity contribution in [3.63, 3.8) is 0 Å². The third kappa shape index (κ3) is 4.71. The number of likely N-dealkylation sites (tertiary alicyclic amines) is 1. The Balaban J connectivity index is 1.34.